The van der Waals surface area contributed by atoms with Crippen LogP contribution in [-0.2, 0) is 16.5 Å². The maximum atomic E-state index is 12.2. The second kappa shape index (κ2) is 4.67. The van der Waals surface area contributed by atoms with Crippen molar-refractivity contribution in [3.05, 3.63) is 22.3 Å². The summed E-state index contributed by atoms with van der Waals surface area (Å²) in [5, 5.41) is 1.26. The number of primary amides is 1. The molecule has 0 saturated heterocycles. The number of benzene rings is 1. The van der Waals surface area contributed by atoms with Crippen LogP contribution in [0, 0.1) is 0 Å². The number of hydrogen-bond donors (Lipinski definition) is 2. The van der Waals surface area contributed by atoms with E-state index in [2.05, 4.69) is 28.5 Å². The highest BCUT2D eigenvalue weighted by Crippen LogP contribution is 2.47. The predicted molar refractivity (Wildman–Crippen MR) is 107 cm³/mol. The van der Waals surface area contributed by atoms with Crippen LogP contribution in [0.15, 0.2) is 6.07 Å². The summed E-state index contributed by atoms with van der Waals surface area (Å²) < 4.78 is 0. The van der Waals surface area contributed by atoms with Crippen LogP contribution >= 0.6 is 11.6 Å². The van der Waals surface area contributed by atoms with E-state index < -0.39 is 5.31 Å². The largest absolute Gasteiger partial charge is 0.369 e. The molecule has 1 atom stereocenters. The second-order valence-corrected chi connectivity index (χ2v) is 8.13. The molecule has 3 nitrogen and oxygen atoms in total. The van der Waals surface area contributed by atoms with E-state index in [0.29, 0.717) is 0 Å². The summed E-state index contributed by atoms with van der Waals surface area (Å²) in [7, 11) is 10.4. The number of rotatable bonds is 1. The molecule has 0 bridgehead atoms. The topological polar surface area (TPSA) is 58.9 Å². The Bertz CT molecular complexity index is 819. The molecule has 3 rings (SSSR count). The normalized spacial score (nSPS) is 23.3. The van der Waals surface area contributed by atoms with Crippen molar-refractivity contribution in [2.24, 2.45) is 5.73 Å². The third-order valence-corrected chi connectivity index (χ3v) is 5.69. The SMILES string of the molecule is Bc1c(Cl)cc2c3c([nH]c2c1B)C(B)(C(N)=O)CC(B)(B)C3. The molecule has 1 aromatic heterocycles. The average molecular weight is 308 g/mol. The van der Waals surface area contributed by atoms with Gasteiger partial charge in [-0.1, -0.05) is 27.7 Å². The van der Waals surface area contributed by atoms with Crippen molar-refractivity contribution in [1.29, 1.82) is 0 Å². The monoisotopic (exact) mass is 308 g/mol. The number of carbonyl (C=O) groups is 1. The molecule has 0 radical (unpaired) electrons. The van der Waals surface area contributed by atoms with Crippen molar-refractivity contribution in [3.8, 4) is 0 Å². The fraction of sp³-hybridized carbons (Fsp3) is 0.308. The second-order valence-electron chi connectivity index (χ2n) is 7.72. The van der Waals surface area contributed by atoms with Crippen molar-refractivity contribution in [3.63, 3.8) is 0 Å². The van der Waals surface area contributed by atoms with Crippen molar-refractivity contribution >= 4 is 78.6 Å². The molecule has 0 spiro atoms. The van der Waals surface area contributed by atoms with Crippen molar-refractivity contribution < 1.29 is 4.79 Å². The fourth-order valence-corrected chi connectivity index (χ4v) is 4.31. The standard InChI is InChI=1S/C13H18B5ClN2O/c14-7-6(19)1-4-5-2-12(16,17)3-13(18,11(20)22)10(5)21-9(4)8(7)15/h1,21H,2-3,14-18H2,(H2,20,22). The minimum absolute atomic E-state index is 0.0250. The van der Waals surface area contributed by atoms with Gasteiger partial charge in [-0.25, -0.2) is 0 Å². The highest BCUT2D eigenvalue weighted by molar-refractivity contribution is 6.57. The van der Waals surface area contributed by atoms with Gasteiger partial charge in [0.1, 0.15) is 23.5 Å². The lowest BCUT2D eigenvalue weighted by molar-refractivity contribution is -0.121. The first-order valence-electron chi connectivity index (χ1n) is 7.67. The van der Waals surface area contributed by atoms with Crippen LogP contribution < -0.4 is 16.7 Å². The third kappa shape index (κ3) is 2.07. The number of halogens is 1. The first-order chi connectivity index (χ1) is 10.1. The number of H-pyrrole nitrogens is 1. The summed E-state index contributed by atoms with van der Waals surface area (Å²) in [6, 6.07) is 2.03. The van der Waals surface area contributed by atoms with Crippen LogP contribution in [0.4, 0.5) is 0 Å². The van der Waals surface area contributed by atoms with Crippen molar-refractivity contribution in [2.45, 2.75) is 23.4 Å². The summed E-state index contributed by atoms with van der Waals surface area (Å²) in [5.74, 6) is -0.270. The Hall–Kier alpha value is -1.16. The van der Waals surface area contributed by atoms with E-state index in [0.717, 1.165) is 45.4 Å². The molecule has 0 aliphatic heterocycles. The average Bonchev–Trinajstić information content (AvgIpc) is 2.74. The number of nitrogens with two attached hydrogens (primary N) is 1. The molecule has 3 N–H and O–H groups in total. The predicted octanol–water partition coefficient (Wildman–Crippen LogP) is -4.02. The fourth-order valence-electron chi connectivity index (χ4n) is 4.06. The third-order valence-electron chi connectivity index (χ3n) is 5.30. The maximum absolute atomic E-state index is 12.2. The van der Waals surface area contributed by atoms with Gasteiger partial charge in [-0.15, -0.1) is 0 Å². The zero-order chi connectivity index (χ0) is 16.4. The van der Waals surface area contributed by atoms with E-state index in [1.807, 2.05) is 21.8 Å². The number of hydrogen-bond acceptors (Lipinski definition) is 1. The maximum Gasteiger partial charge on any atom is 0.221 e. The number of amides is 1. The quantitative estimate of drug-likeness (QED) is 0.518. The highest BCUT2D eigenvalue weighted by Gasteiger charge is 2.46. The van der Waals surface area contributed by atoms with Gasteiger partial charge in [0, 0.05) is 21.6 Å². The zero-order valence-electron chi connectivity index (χ0n) is 13.9. The highest BCUT2D eigenvalue weighted by atomic mass is 35.5. The molecular formula is C13H18B5ClN2O. The van der Waals surface area contributed by atoms with E-state index in [4.69, 9.17) is 17.3 Å². The zero-order valence-corrected chi connectivity index (χ0v) is 14.6. The number of nitrogens with one attached hydrogen (secondary N) is 1. The molecule has 0 fully saturated rings. The van der Waals surface area contributed by atoms with Gasteiger partial charge in [-0.2, -0.15) is 0 Å². The minimum atomic E-state index is -0.664. The van der Waals surface area contributed by atoms with Crippen LogP contribution in [0.2, 0.25) is 10.2 Å². The van der Waals surface area contributed by atoms with Crippen LogP contribution in [0.25, 0.3) is 10.9 Å². The molecule has 1 aliphatic rings. The lowest BCUT2D eigenvalue weighted by Gasteiger charge is -2.41. The van der Waals surface area contributed by atoms with Gasteiger partial charge in [-0.05, 0) is 24.5 Å². The van der Waals surface area contributed by atoms with Gasteiger partial charge >= 0.3 is 0 Å². The number of fused-ring (bicyclic) bond motifs is 3. The van der Waals surface area contributed by atoms with E-state index in [1.54, 1.807) is 0 Å². The summed E-state index contributed by atoms with van der Waals surface area (Å²) in [6.07, 6.45) is 1.67. The van der Waals surface area contributed by atoms with Gasteiger partial charge in [0.2, 0.25) is 5.91 Å². The van der Waals surface area contributed by atoms with E-state index in [-0.39, 0.29) is 11.1 Å². The number of aromatic nitrogens is 1. The van der Waals surface area contributed by atoms with E-state index in [9.17, 15) is 4.79 Å². The first kappa shape index (κ1) is 15.7. The molecule has 1 unspecified atom stereocenters. The van der Waals surface area contributed by atoms with E-state index >= 15 is 0 Å². The van der Waals surface area contributed by atoms with Crippen molar-refractivity contribution in [2.75, 3.05) is 0 Å². The van der Waals surface area contributed by atoms with Crippen LogP contribution in [-0.4, -0.2) is 50.1 Å². The molecular weight excluding hydrogens is 290 g/mol. The van der Waals surface area contributed by atoms with Crippen LogP contribution in [0.1, 0.15) is 17.7 Å². The summed E-state index contributed by atoms with van der Waals surface area (Å²) >= 11 is 6.39. The Labute approximate surface area is 140 Å². The molecule has 1 amide bonds. The van der Waals surface area contributed by atoms with Gasteiger partial charge in [0.15, 0.2) is 0 Å². The molecule has 1 aromatic carbocycles. The molecule has 108 valence electrons. The summed E-state index contributed by atoms with van der Waals surface area (Å²) in [4.78, 5) is 15.7. The molecule has 22 heavy (non-hydrogen) atoms. The Balaban J connectivity index is 2.41. The Kier molecular flexibility index (Phi) is 3.34. The van der Waals surface area contributed by atoms with E-state index in [1.165, 1.54) is 5.56 Å². The van der Waals surface area contributed by atoms with Crippen molar-refractivity contribution in [1.82, 2.24) is 4.98 Å². The Morgan fingerprint density at radius 3 is 2.50 bits per heavy atom. The summed E-state index contributed by atoms with van der Waals surface area (Å²) in [6.45, 7) is 0. The smallest absolute Gasteiger partial charge is 0.221 e. The van der Waals surface area contributed by atoms with Gasteiger partial charge in [0.25, 0.3) is 0 Å². The minimum Gasteiger partial charge on any atom is -0.369 e. The van der Waals surface area contributed by atoms with Gasteiger partial charge in [0.05, 0.1) is 21.0 Å². The summed E-state index contributed by atoms with van der Waals surface area (Å²) in [5.41, 5.74) is 11.2. The number of aromatic amines is 1. The molecule has 1 aliphatic carbocycles. The molecule has 9 heteroatoms. The molecule has 2 aromatic rings. The molecule has 1 heterocycles. The first-order valence-corrected chi connectivity index (χ1v) is 8.05. The molecule has 0 saturated carbocycles. The lowest BCUT2D eigenvalue weighted by atomic mass is 9.40. The van der Waals surface area contributed by atoms with Crippen LogP contribution in [0.5, 0.6) is 0 Å². The number of carbonyl (C=O) groups excluding carboxylic acids is 1. The Morgan fingerprint density at radius 2 is 1.91 bits per heavy atom. The van der Waals surface area contributed by atoms with Crippen LogP contribution in [0.3, 0.4) is 0 Å². The Morgan fingerprint density at radius 1 is 1.27 bits per heavy atom. The van der Waals surface area contributed by atoms with Gasteiger partial charge < -0.3 is 10.7 Å². The lowest BCUT2D eigenvalue weighted by Crippen LogP contribution is -2.48. The van der Waals surface area contributed by atoms with Gasteiger partial charge in [-0.3, -0.25) is 4.79 Å².